The first kappa shape index (κ1) is 40.4. The van der Waals surface area contributed by atoms with Gasteiger partial charge >= 0.3 is 6.03 Å². The molecule has 0 aliphatic carbocycles. The predicted octanol–water partition coefficient (Wildman–Crippen LogP) is 5.35. The first-order valence-electron chi connectivity index (χ1n) is 20.8. The number of hydrogen-bond acceptors (Lipinski definition) is 12. The standard InChI is InChI=1S/C44H53N13O3/c1-30-25-32(5-6-33(30)26-47-41(59)38-29-57(52-51-38)44(2,3)4)37-13-17-45-42(49-37)48-34-7-12-39(46-27-34)55-23-21-53(22-24-55)28-31-14-18-54(19-15-31)35-8-10-36(11-9-35)56-20-16-40(58)50-43(56)60/h5-13,17,25,27,29,31H,14-16,18-24,26,28H2,1-4H3,(H,47,59)(H,45,48,49)(H,50,58,60). The van der Waals surface area contributed by atoms with Crippen LogP contribution in [0.25, 0.3) is 11.3 Å². The molecule has 0 atom stereocenters. The molecule has 16 heteroatoms. The topological polar surface area (TPSA) is 170 Å². The molecule has 2 aromatic carbocycles. The lowest BCUT2D eigenvalue weighted by Crippen LogP contribution is -2.49. The fourth-order valence-corrected chi connectivity index (χ4v) is 7.92. The Bertz CT molecular complexity index is 2310. The summed E-state index contributed by atoms with van der Waals surface area (Å²) in [6, 6.07) is 19.8. The number of rotatable bonds is 11. The molecule has 3 aliphatic rings. The lowest BCUT2D eigenvalue weighted by molar-refractivity contribution is -0.120. The normalized spacial score (nSPS) is 16.8. The Labute approximate surface area is 350 Å². The highest BCUT2D eigenvalue weighted by atomic mass is 16.2. The van der Waals surface area contributed by atoms with Crippen LogP contribution in [0.15, 0.2) is 79.3 Å². The predicted molar refractivity (Wildman–Crippen MR) is 231 cm³/mol. The molecule has 3 aliphatic heterocycles. The molecule has 4 amide bonds. The fraction of sp³-hybridized carbons (Fsp3) is 0.409. The van der Waals surface area contributed by atoms with E-state index in [2.05, 4.69) is 70.2 Å². The number of carbonyl (C=O) groups is 3. The van der Waals surface area contributed by atoms with Gasteiger partial charge in [-0.15, -0.1) is 5.10 Å². The molecule has 3 fully saturated rings. The van der Waals surface area contributed by atoms with Crippen LogP contribution in [0, 0.1) is 12.8 Å². The van der Waals surface area contributed by atoms with Crippen molar-refractivity contribution in [2.45, 2.75) is 59.0 Å². The number of aromatic nitrogens is 6. The average Bonchev–Trinajstić information content (AvgIpc) is 3.77. The number of pyridine rings is 1. The van der Waals surface area contributed by atoms with E-state index in [1.807, 2.05) is 70.3 Å². The Kier molecular flexibility index (Phi) is 11.7. The van der Waals surface area contributed by atoms with Crippen LogP contribution in [-0.2, 0) is 16.9 Å². The Morgan fingerprint density at radius 2 is 1.63 bits per heavy atom. The van der Waals surface area contributed by atoms with Gasteiger partial charge in [0.1, 0.15) is 5.82 Å². The number of carbonyl (C=O) groups excluding carboxylic acids is 3. The first-order chi connectivity index (χ1) is 28.9. The molecule has 6 heterocycles. The molecule has 0 spiro atoms. The van der Waals surface area contributed by atoms with Crippen LogP contribution in [0.3, 0.4) is 0 Å². The van der Waals surface area contributed by atoms with Gasteiger partial charge in [-0.2, -0.15) is 0 Å². The van der Waals surface area contributed by atoms with E-state index in [1.165, 1.54) is 5.69 Å². The zero-order valence-electron chi connectivity index (χ0n) is 34.8. The summed E-state index contributed by atoms with van der Waals surface area (Å²) in [7, 11) is 0. The number of anilines is 5. The molecule has 3 N–H and O–H groups in total. The van der Waals surface area contributed by atoms with Gasteiger partial charge in [0.25, 0.3) is 5.91 Å². The van der Waals surface area contributed by atoms with E-state index in [-0.39, 0.29) is 23.4 Å². The molecule has 0 unspecified atom stereocenters. The third-order valence-corrected chi connectivity index (χ3v) is 11.6. The van der Waals surface area contributed by atoms with Crippen molar-refractivity contribution in [3.63, 3.8) is 0 Å². The van der Waals surface area contributed by atoms with Gasteiger partial charge in [0.05, 0.1) is 29.3 Å². The zero-order chi connectivity index (χ0) is 41.8. The summed E-state index contributed by atoms with van der Waals surface area (Å²) < 4.78 is 1.69. The largest absolute Gasteiger partial charge is 0.372 e. The summed E-state index contributed by atoms with van der Waals surface area (Å²) >= 11 is 0. The minimum atomic E-state index is -0.353. The summed E-state index contributed by atoms with van der Waals surface area (Å²) in [4.78, 5) is 59.5. The average molecular weight is 812 g/mol. The fourth-order valence-electron chi connectivity index (χ4n) is 7.92. The van der Waals surface area contributed by atoms with Gasteiger partial charge in [0, 0.05) is 88.5 Å². The number of urea groups is 1. The minimum absolute atomic E-state index is 0.220. The third kappa shape index (κ3) is 9.54. The summed E-state index contributed by atoms with van der Waals surface area (Å²) in [5, 5.41) is 16.8. The number of hydrogen-bond donors (Lipinski definition) is 3. The second kappa shape index (κ2) is 17.4. The number of aryl methyl sites for hydroxylation is 1. The molecule has 60 heavy (non-hydrogen) atoms. The van der Waals surface area contributed by atoms with Crippen molar-refractivity contribution in [3.8, 4) is 11.3 Å². The molecule has 5 aromatic rings. The molecule has 3 aromatic heterocycles. The molecule has 16 nitrogen and oxygen atoms in total. The van der Waals surface area contributed by atoms with E-state index in [0.29, 0.717) is 37.1 Å². The second-order valence-corrected chi connectivity index (χ2v) is 16.8. The van der Waals surface area contributed by atoms with Crippen molar-refractivity contribution in [1.29, 1.82) is 0 Å². The van der Waals surface area contributed by atoms with Gasteiger partial charge < -0.3 is 20.4 Å². The van der Waals surface area contributed by atoms with E-state index in [9.17, 15) is 14.4 Å². The molecule has 8 rings (SSSR count). The molecule has 312 valence electrons. The number of nitrogens with one attached hydrogen (secondary N) is 3. The van der Waals surface area contributed by atoms with Crippen molar-refractivity contribution in [2.24, 2.45) is 5.92 Å². The number of piperidine rings is 1. The van der Waals surface area contributed by atoms with E-state index in [4.69, 9.17) is 9.97 Å². The number of imide groups is 1. The monoisotopic (exact) mass is 811 g/mol. The quantitative estimate of drug-likeness (QED) is 0.157. The van der Waals surface area contributed by atoms with Crippen LogP contribution in [0.5, 0.6) is 0 Å². The Balaban J connectivity index is 0.773. The van der Waals surface area contributed by atoms with Gasteiger partial charge in [0.15, 0.2) is 5.69 Å². The van der Waals surface area contributed by atoms with E-state index in [0.717, 1.165) is 98.2 Å². The van der Waals surface area contributed by atoms with E-state index >= 15 is 0 Å². The van der Waals surface area contributed by atoms with Gasteiger partial charge in [-0.05, 0) is 106 Å². The number of piperazine rings is 1. The van der Waals surface area contributed by atoms with Gasteiger partial charge in [-0.3, -0.25) is 24.7 Å². The SMILES string of the molecule is Cc1cc(-c2ccnc(Nc3ccc(N4CCN(CC5CCN(c6ccc(N7CCC(=O)NC7=O)cc6)CC5)CC4)nc3)n2)ccc1CNC(=O)c1cn(C(C)(C)C)nn1. The lowest BCUT2D eigenvalue weighted by Gasteiger charge is -2.39. The first-order valence-corrected chi connectivity index (χ1v) is 20.8. The molecular formula is C44H53N13O3. The zero-order valence-corrected chi connectivity index (χ0v) is 34.8. The maximum Gasteiger partial charge on any atom is 0.328 e. The van der Waals surface area contributed by atoms with Crippen LogP contribution in [0.1, 0.15) is 61.6 Å². The van der Waals surface area contributed by atoms with Crippen molar-refractivity contribution in [3.05, 3.63) is 96.1 Å². The molecule has 0 radical (unpaired) electrons. The summed E-state index contributed by atoms with van der Waals surface area (Å²) in [6.07, 6.45) is 7.88. The molecular weight excluding hydrogens is 759 g/mol. The minimum Gasteiger partial charge on any atom is -0.372 e. The van der Waals surface area contributed by atoms with Crippen molar-refractivity contribution in [1.82, 2.24) is 45.5 Å². The van der Waals surface area contributed by atoms with Crippen molar-refractivity contribution in [2.75, 3.05) is 72.4 Å². The van der Waals surface area contributed by atoms with Crippen molar-refractivity contribution >= 4 is 46.7 Å². The summed E-state index contributed by atoms with van der Waals surface area (Å²) in [5.74, 6) is 1.64. The number of nitrogens with zero attached hydrogens (tertiary/aromatic N) is 10. The van der Waals surface area contributed by atoms with Gasteiger partial charge in [-0.25, -0.2) is 24.4 Å². The molecule has 3 saturated heterocycles. The second-order valence-electron chi connectivity index (χ2n) is 16.8. The van der Waals surface area contributed by atoms with Crippen LogP contribution >= 0.6 is 0 Å². The Morgan fingerprint density at radius 3 is 2.32 bits per heavy atom. The maximum atomic E-state index is 12.7. The van der Waals surface area contributed by atoms with Crippen molar-refractivity contribution < 1.29 is 14.4 Å². The maximum absolute atomic E-state index is 12.7. The van der Waals surface area contributed by atoms with Crippen LogP contribution < -0.4 is 30.7 Å². The Morgan fingerprint density at radius 1 is 0.867 bits per heavy atom. The smallest absolute Gasteiger partial charge is 0.328 e. The molecule has 0 saturated carbocycles. The lowest BCUT2D eigenvalue weighted by atomic mass is 9.95. The van der Waals surface area contributed by atoms with Crippen LogP contribution in [0.2, 0.25) is 0 Å². The van der Waals surface area contributed by atoms with E-state index < -0.39 is 0 Å². The number of amides is 4. The third-order valence-electron chi connectivity index (χ3n) is 11.6. The highest BCUT2D eigenvalue weighted by Crippen LogP contribution is 2.28. The van der Waals surface area contributed by atoms with Gasteiger partial charge in [-0.1, -0.05) is 17.3 Å². The highest BCUT2D eigenvalue weighted by Gasteiger charge is 2.27. The van der Waals surface area contributed by atoms with E-state index in [1.54, 1.807) is 22.0 Å². The summed E-state index contributed by atoms with van der Waals surface area (Å²) in [5.41, 5.74) is 6.61. The van der Waals surface area contributed by atoms with Crippen LogP contribution in [0.4, 0.5) is 33.6 Å². The van der Waals surface area contributed by atoms with Gasteiger partial charge in [0.2, 0.25) is 11.9 Å². The highest BCUT2D eigenvalue weighted by molar-refractivity contribution is 6.05. The summed E-state index contributed by atoms with van der Waals surface area (Å²) in [6.45, 7) is 15.9. The van der Waals surface area contributed by atoms with Crippen LogP contribution in [-0.4, -0.2) is 105 Å². The molecule has 0 bridgehead atoms. The number of benzene rings is 2. The Hall–Kier alpha value is -6.42.